The van der Waals surface area contributed by atoms with Gasteiger partial charge in [0.15, 0.2) is 12.4 Å². The van der Waals surface area contributed by atoms with Crippen LogP contribution in [0.5, 0.6) is 0 Å². The van der Waals surface area contributed by atoms with Crippen LogP contribution >= 0.6 is 0 Å². The van der Waals surface area contributed by atoms with Gasteiger partial charge in [-0.25, -0.2) is 4.68 Å². The van der Waals surface area contributed by atoms with Gasteiger partial charge in [-0.15, -0.1) is 0 Å². The molecule has 7 nitrogen and oxygen atoms in total. The molecule has 1 aromatic carbocycles. The summed E-state index contributed by atoms with van der Waals surface area (Å²) in [5.74, 6) is -0.717. The van der Waals surface area contributed by atoms with Crippen molar-refractivity contribution in [1.82, 2.24) is 14.7 Å². The molecule has 32 heavy (non-hydrogen) atoms. The Morgan fingerprint density at radius 1 is 1.00 bits per heavy atom. The molecule has 0 atom stereocenters. The summed E-state index contributed by atoms with van der Waals surface area (Å²) in [7, 11) is 0. The number of nitrogens with one attached hydrogen (secondary N) is 1. The molecule has 0 radical (unpaired) electrons. The van der Waals surface area contributed by atoms with Gasteiger partial charge < -0.3 is 0 Å². The molecule has 3 heterocycles. The number of aromatic nitrogens is 3. The number of aromatic amines is 1. The third kappa shape index (κ3) is 3.60. The number of nitrogens with zero attached hydrogens (tertiary/aromatic N) is 3. The van der Waals surface area contributed by atoms with Gasteiger partial charge in [-0.05, 0) is 37.5 Å². The second-order valence-electron chi connectivity index (χ2n) is 8.42. The van der Waals surface area contributed by atoms with Crippen LogP contribution < -0.4 is 10.1 Å². The number of carbonyl (C=O) groups excluding carboxylic acids is 2. The number of carbonyl (C=O) groups is 2. The largest absolute Gasteiger partial charge is 0.326 e. The average Bonchev–Trinajstić information content (AvgIpc) is 3.22. The minimum absolute atomic E-state index is 0.101. The highest BCUT2D eigenvalue weighted by molar-refractivity contribution is 6.44. The highest BCUT2D eigenvalue weighted by Gasteiger charge is 2.47. The number of pyridine rings is 1. The standard InChI is InChI=1S/C25H26N4O3/c1-5-19-20(24(31)29(26-19)18-11-7-6-8-12-18)21-22(27-13-9-10-17(4)15-27)25(32)28(23(21)30)14-16(2)3/h6-13,15-16H,5,14H2,1-4H3/p+1. The van der Waals surface area contributed by atoms with E-state index >= 15 is 0 Å². The number of imide groups is 1. The molecule has 2 aromatic heterocycles. The molecule has 0 saturated carbocycles. The summed E-state index contributed by atoms with van der Waals surface area (Å²) in [6.45, 7) is 8.02. The third-order valence-electron chi connectivity index (χ3n) is 5.48. The molecule has 2 amide bonds. The Kier molecular flexibility index (Phi) is 5.65. The van der Waals surface area contributed by atoms with Crippen LogP contribution in [0.1, 0.15) is 37.6 Å². The number of rotatable bonds is 6. The molecule has 7 heteroatoms. The first-order valence-corrected chi connectivity index (χ1v) is 10.8. The van der Waals surface area contributed by atoms with Gasteiger partial charge in [0, 0.05) is 23.9 Å². The van der Waals surface area contributed by atoms with Crippen LogP contribution in [0.15, 0.2) is 59.7 Å². The van der Waals surface area contributed by atoms with Crippen molar-refractivity contribution in [2.75, 3.05) is 6.54 Å². The zero-order chi connectivity index (χ0) is 23.0. The summed E-state index contributed by atoms with van der Waals surface area (Å²) in [4.78, 5) is 41.8. The van der Waals surface area contributed by atoms with E-state index in [-0.39, 0.29) is 40.8 Å². The van der Waals surface area contributed by atoms with Crippen molar-refractivity contribution in [3.63, 3.8) is 0 Å². The summed E-state index contributed by atoms with van der Waals surface area (Å²) >= 11 is 0. The summed E-state index contributed by atoms with van der Waals surface area (Å²) in [6.07, 6.45) is 4.04. The van der Waals surface area contributed by atoms with Crippen LogP contribution in [-0.2, 0) is 16.0 Å². The molecular formula is C25H27N4O3+. The minimum Gasteiger partial charge on any atom is -0.294 e. The molecule has 1 aliphatic rings. The second-order valence-corrected chi connectivity index (χ2v) is 8.42. The van der Waals surface area contributed by atoms with Gasteiger partial charge in [-0.1, -0.05) is 39.0 Å². The highest BCUT2D eigenvalue weighted by Crippen LogP contribution is 2.30. The van der Waals surface area contributed by atoms with Crippen LogP contribution in [0.4, 0.5) is 0 Å². The second kappa shape index (κ2) is 8.42. The third-order valence-corrected chi connectivity index (χ3v) is 5.48. The predicted octanol–water partition coefficient (Wildman–Crippen LogP) is 2.72. The Balaban J connectivity index is 2.00. The lowest BCUT2D eigenvalue weighted by Gasteiger charge is -2.16. The fraction of sp³-hybridized carbons (Fsp3) is 0.280. The molecule has 4 rings (SSSR count). The number of benzene rings is 1. The molecule has 0 unspecified atom stereocenters. The topological polar surface area (TPSA) is 79.1 Å². The maximum atomic E-state index is 13.6. The van der Waals surface area contributed by atoms with Gasteiger partial charge in [0.1, 0.15) is 5.57 Å². The normalized spacial score (nSPS) is 14.2. The first kappa shape index (κ1) is 21.5. The Labute approximate surface area is 186 Å². The number of hydrogen-bond acceptors (Lipinski definition) is 3. The van der Waals surface area contributed by atoms with Crippen LogP contribution in [-0.4, -0.2) is 33.0 Å². The van der Waals surface area contributed by atoms with Crippen LogP contribution in [0.25, 0.3) is 17.0 Å². The van der Waals surface area contributed by atoms with Crippen molar-refractivity contribution in [2.24, 2.45) is 5.92 Å². The Bertz CT molecular complexity index is 1280. The highest BCUT2D eigenvalue weighted by atomic mass is 16.2. The minimum atomic E-state index is -0.432. The lowest BCUT2D eigenvalue weighted by Crippen LogP contribution is -2.41. The molecule has 0 spiro atoms. The first-order valence-electron chi connectivity index (χ1n) is 10.8. The molecule has 3 aromatic rings. The van der Waals surface area contributed by atoms with E-state index in [0.717, 1.165) is 5.56 Å². The van der Waals surface area contributed by atoms with Crippen molar-refractivity contribution in [3.05, 3.63) is 82.0 Å². The van der Waals surface area contributed by atoms with Crippen molar-refractivity contribution in [3.8, 4) is 5.69 Å². The summed E-state index contributed by atoms with van der Waals surface area (Å²) in [5, 5.41) is 3.15. The molecule has 0 bridgehead atoms. The molecule has 0 saturated heterocycles. The van der Waals surface area contributed by atoms with Crippen LogP contribution in [0.2, 0.25) is 0 Å². The first-order chi connectivity index (χ1) is 15.3. The zero-order valence-electron chi connectivity index (χ0n) is 18.8. The Morgan fingerprint density at radius 3 is 2.34 bits per heavy atom. The maximum absolute atomic E-state index is 13.6. The molecule has 0 fully saturated rings. The van der Waals surface area contributed by atoms with Gasteiger partial charge in [0.05, 0.1) is 11.3 Å². The lowest BCUT2D eigenvalue weighted by molar-refractivity contribution is -0.577. The fourth-order valence-electron chi connectivity index (χ4n) is 4.05. The van der Waals surface area contributed by atoms with Gasteiger partial charge in [0.2, 0.25) is 0 Å². The number of aryl methyl sites for hydroxylation is 2. The van der Waals surface area contributed by atoms with E-state index < -0.39 is 5.91 Å². The van der Waals surface area contributed by atoms with Crippen molar-refractivity contribution in [2.45, 2.75) is 34.1 Å². The maximum Gasteiger partial charge on any atom is 0.326 e. The van der Waals surface area contributed by atoms with Gasteiger partial charge in [-0.2, -0.15) is 4.57 Å². The van der Waals surface area contributed by atoms with E-state index in [9.17, 15) is 14.4 Å². The van der Waals surface area contributed by atoms with Gasteiger partial charge in [0.25, 0.3) is 17.2 Å². The fourth-order valence-corrected chi connectivity index (χ4v) is 4.05. The van der Waals surface area contributed by atoms with Crippen molar-refractivity contribution >= 4 is 23.1 Å². The Morgan fingerprint density at radius 2 is 1.72 bits per heavy atom. The quantitative estimate of drug-likeness (QED) is 0.482. The zero-order valence-corrected chi connectivity index (χ0v) is 18.8. The molecule has 164 valence electrons. The molecule has 1 N–H and O–H groups in total. The molecular weight excluding hydrogens is 404 g/mol. The monoisotopic (exact) mass is 431 g/mol. The predicted molar refractivity (Wildman–Crippen MR) is 122 cm³/mol. The number of H-pyrrole nitrogens is 1. The smallest absolute Gasteiger partial charge is 0.294 e. The number of amides is 2. The number of para-hydroxylation sites is 1. The van der Waals surface area contributed by atoms with Crippen molar-refractivity contribution in [1.29, 1.82) is 0 Å². The van der Waals surface area contributed by atoms with Gasteiger partial charge >= 0.3 is 5.91 Å². The Hall–Kier alpha value is -3.74. The molecule has 1 aliphatic heterocycles. The summed E-state index contributed by atoms with van der Waals surface area (Å²) in [5.41, 5.74) is 2.50. The van der Waals surface area contributed by atoms with E-state index in [1.807, 2.05) is 70.2 Å². The number of hydrogen-bond donors (Lipinski definition) is 1. The summed E-state index contributed by atoms with van der Waals surface area (Å²) < 4.78 is 3.09. The van der Waals surface area contributed by atoms with Crippen molar-refractivity contribution < 1.29 is 14.2 Å². The van der Waals surface area contributed by atoms with E-state index in [1.165, 1.54) is 9.58 Å². The van der Waals surface area contributed by atoms with Crippen LogP contribution in [0.3, 0.4) is 0 Å². The molecule has 0 aliphatic carbocycles. The van der Waals surface area contributed by atoms with Gasteiger partial charge in [-0.3, -0.25) is 24.4 Å². The van der Waals surface area contributed by atoms with E-state index in [1.54, 1.807) is 17.0 Å². The SMILES string of the molecule is CCc1[nH]n(-c2ccccc2)c(=O)c1C1=C([n+]2cccc(C)c2)C(=O)N(CC(C)C)C1=O. The van der Waals surface area contributed by atoms with E-state index in [0.29, 0.717) is 17.8 Å². The van der Waals surface area contributed by atoms with E-state index in [2.05, 4.69) is 5.10 Å². The summed E-state index contributed by atoms with van der Waals surface area (Å²) in [6, 6.07) is 12.9. The lowest BCUT2D eigenvalue weighted by atomic mass is 10.0. The van der Waals surface area contributed by atoms with Crippen LogP contribution in [0, 0.1) is 12.8 Å². The average molecular weight is 432 g/mol. The van der Waals surface area contributed by atoms with E-state index in [4.69, 9.17) is 0 Å².